The highest BCUT2D eigenvalue weighted by Crippen LogP contribution is 2.38. The summed E-state index contributed by atoms with van der Waals surface area (Å²) in [5.74, 6) is -0.266. The highest BCUT2D eigenvalue weighted by atomic mass is 19.1. The van der Waals surface area contributed by atoms with Crippen molar-refractivity contribution in [2.75, 3.05) is 5.32 Å². The number of hydrogen-bond donors (Lipinski definition) is 1. The Kier molecular flexibility index (Phi) is 5.16. The molecule has 1 amide bonds. The van der Waals surface area contributed by atoms with E-state index >= 15 is 0 Å². The standard InChI is InChI=1S/C23H18FN3O2/c1-15-13-18(7-8-19(15)24)22-21(17-9-11-25-12-10-17)23(29-27-22)26-20(28)14-16-5-3-2-4-6-16/h2-13H,14H2,1H3,(H,26,28). The lowest BCUT2D eigenvalue weighted by Crippen LogP contribution is -2.14. The predicted molar refractivity (Wildman–Crippen MR) is 109 cm³/mol. The first kappa shape index (κ1) is 18.6. The minimum absolute atomic E-state index is 0.211. The van der Waals surface area contributed by atoms with Gasteiger partial charge < -0.3 is 4.52 Å². The number of pyridine rings is 1. The van der Waals surface area contributed by atoms with Gasteiger partial charge >= 0.3 is 0 Å². The molecule has 2 aromatic heterocycles. The van der Waals surface area contributed by atoms with Crippen LogP contribution in [0.4, 0.5) is 10.3 Å². The Morgan fingerprint density at radius 2 is 1.79 bits per heavy atom. The second-order valence-corrected chi connectivity index (χ2v) is 6.65. The maximum Gasteiger partial charge on any atom is 0.239 e. The van der Waals surface area contributed by atoms with Crippen LogP contribution in [0.5, 0.6) is 0 Å². The van der Waals surface area contributed by atoms with Crippen LogP contribution in [0.25, 0.3) is 22.4 Å². The monoisotopic (exact) mass is 387 g/mol. The number of aromatic nitrogens is 2. The van der Waals surface area contributed by atoms with Gasteiger partial charge in [0.1, 0.15) is 11.5 Å². The van der Waals surface area contributed by atoms with Crippen LogP contribution in [-0.2, 0) is 11.2 Å². The van der Waals surface area contributed by atoms with Crippen LogP contribution in [0.2, 0.25) is 0 Å². The molecule has 0 aliphatic carbocycles. The molecule has 0 radical (unpaired) electrons. The zero-order chi connectivity index (χ0) is 20.2. The van der Waals surface area contributed by atoms with Crippen LogP contribution in [0.15, 0.2) is 77.6 Å². The van der Waals surface area contributed by atoms with E-state index in [0.717, 1.165) is 11.1 Å². The third kappa shape index (κ3) is 4.06. The van der Waals surface area contributed by atoms with E-state index in [4.69, 9.17) is 4.52 Å². The molecule has 1 N–H and O–H groups in total. The molecule has 0 fully saturated rings. The zero-order valence-corrected chi connectivity index (χ0v) is 15.7. The summed E-state index contributed by atoms with van der Waals surface area (Å²) >= 11 is 0. The molecule has 2 aromatic carbocycles. The van der Waals surface area contributed by atoms with Crippen LogP contribution in [0, 0.1) is 12.7 Å². The molecule has 0 atom stereocenters. The van der Waals surface area contributed by atoms with E-state index in [1.54, 1.807) is 43.6 Å². The summed E-state index contributed by atoms with van der Waals surface area (Å²) in [7, 11) is 0. The summed E-state index contributed by atoms with van der Waals surface area (Å²) in [6.45, 7) is 1.69. The number of benzene rings is 2. The van der Waals surface area contributed by atoms with Crippen molar-refractivity contribution in [1.29, 1.82) is 0 Å². The topological polar surface area (TPSA) is 68.0 Å². The number of nitrogens with zero attached hydrogens (tertiary/aromatic N) is 2. The van der Waals surface area contributed by atoms with Crippen molar-refractivity contribution in [1.82, 2.24) is 10.1 Å². The fraction of sp³-hybridized carbons (Fsp3) is 0.0870. The number of nitrogens with one attached hydrogen (secondary N) is 1. The summed E-state index contributed by atoms with van der Waals surface area (Å²) in [5.41, 5.74) is 4.02. The first-order valence-corrected chi connectivity index (χ1v) is 9.12. The number of anilines is 1. The SMILES string of the molecule is Cc1cc(-c2noc(NC(=O)Cc3ccccc3)c2-c2ccncc2)ccc1F. The zero-order valence-electron chi connectivity index (χ0n) is 15.7. The number of hydrogen-bond acceptors (Lipinski definition) is 4. The van der Waals surface area contributed by atoms with Gasteiger partial charge in [0.2, 0.25) is 11.8 Å². The summed E-state index contributed by atoms with van der Waals surface area (Å²) in [6.07, 6.45) is 3.51. The largest absolute Gasteiger partial charge is 0.337 e. The maximum absolute atomic E-state index is 13.7. The summed E-state index contributed by atoms with van der Waals surface area (Å²) in [6, 6.07) is 17.8. The van der Waals surface area contributed by atoms with Gasteiger partial charge in [0.25, 0.3) is 0 Å². The van der Waals surface area contributed by atoms with Gasteiger partial charge in [0.15, 0.2) is 0 Å². The van der Waals surface area contributed by atoms with E-state index in [-0.39, 0.29) is 24.0 Å². The number of aryl methyl sites for hydroxylation is 1. The van der Waals surface area contributed by atoms with Crippen molar-refractivity contribution >= 4 is 11.8 Å². The Bertz CT molecular complexity index is 1140. The van der Waals surface area contributed by atoms with Gasteiger partial charge in [-0.2, -0.15) is 0 Å². The molecular formula is C23H18FN3O2. The molecule has 4 aromatic rings. The summed E-state index contributed by atoms with van der Waals surface area (Å²) < 4.78 is 19.2. The molecule has 0 bridgehead atoms. The molecule has 6 heteroatoms. The van der Waals surface area contributed by atoms with Gasteiger partial charge in [-0.25, -0.2) is 4.39 Å². The molecule has 144 valence electrons. The van der Waals surface area contributed by atoms with Crippen LogP contribution in [-0.4, -0.2) is 16.0 Å². The number of amides is 1. The van der Waals surface area contributed by atoms with Crippen LogP contribution in [0.1, 0.15) is 11.1 Å². The molecular weight excluding hydrogens is 369 g/mol. The minimum atomic E-state index is -0.293. The third-order valence-corrected chi connectivity index (χ3v) is 4.55. The second-order valence-electron chi connectivity index (χ2n) is 6.65. The lowest BCUT2D eigenvalue weighted by atomic mass is 10.0. The van der Waals surface area contributed by atoms with E-state index < -0.39 is 0 Å². The van der Waals surface area contributed by atoms with Gasteiger partial charge in [0, 0.05) is 18.0 Å². The maximum atomic E-state index is 13.7. The number of halogens is 1. The Labute approximate surface area is 167 Å². The molecule has 0 spiro atoms. The quantitative estimate of drug-likeness (QED) is 0.521. The molecule has 0 aliphatic rings. The van der Waals surface area contributed by atoms with Crippen molar-refractivity contribution in [2.24, 2.45) is 0 Å². The lowest BCUT2D eigenvalue weighted by Gasteiger charge is -2.07. The number of rotatable bonds is 5. The normalized spacial score (nSPS) is 10.7. The summed E-state index contributed by atoms with van der Waals surface area (Å²) in [5, 5.41) is 6.97. The van der Waals surface area contributed by atoms with E-state index in [1.807, 2.05) is 30.3 Å². The molecule has 4 rings (SSSR count). The van der Waals surface area contributed by atoms with E-state index in [9.17, 15) is 9.18 Å². The van der Waals surface area contributed by atoms with Crippen molar-refractivity contribution < 1.29 is 13.7 Å². The molecule has 0 saturated carbocycles. The van der Waals surface area contributed by atoms with E-state index in [0.29, 0.717) is 22.4 Å². The fourth-order valence-corrected chi connectivity index (χ4v) is 3.10. The van der Waals surface area contributed by atoms with Crippen molar-refractivity contribution in [3.63, 3.8) is 0 Å². The predicted octanol–water partition coefficient (Wildman–Crippen LogP) is 5.03. The van der Waals surface area contributed by atoms with Gasteiger partial charge in [-0.05, 0) is 53.9 Å². The Morgan fingerprint density at radius 3 is 2.52 bits per heavy atom. The van der Waals surface area contributed by atoms with E-state index in [1.165, 1.54) is 6.07 Å². The van der Waals surface area contributed by atoms with E-state index in [2.05, 4.69) is 15.5 Å². The molecule has 0 saturated heterocycles. The highest BCUT2D eigenvalue weighted by molar-refractivity contribution is 5.97. The third-order valence-electron chi connectivity index (χ3n) is 4.55. The average molecular weight is 387 g/mol. The molecule has 0 unspecified atom stereocenters. The van der Waals surface area contributed by atoms with Crippen LogP contribution >= 0.6 is 0 Å². The van der Waals surface area contributed by atoms with Crippen molar-refractivity contribution in [2.45, 2.75) is 13.3 Å². The average Bonchev–Trinajstić information content (AvgIpc) is 3.14. The fourth-order valence-electron chi connectivity index (χ4n) is 3.10. The van der Waals surface area contributed by atoms with Gasteiger partial charge in [-0.3, -0.25) is 15.1 Å². The lowest BCUT2D eigenvalue weighted by molar-refractivity contribution is -0.115. The van der Waals surface area contributed by atoms with Crippen molar-refractivity contribution in [3.8, 4) is 22.4 Å². The van der Waals surface area contributed by atoms with Gasteiger partial charge in [-0.1, -0.05) is 35.5 Å². The molecule has 0 aliphatic heterocycles. The summed E-state index contributed by atoms with van der Waals surface area (Å²) in [4.78, 5) is 16.6. The highest BCUT2D eigenvalue weighted by Gasteiger charge is 2.21. The van der Waals surface area contributed by atoms with Crippen molar-refractivity contribution in [3.05, 3.63) is 90.0 Å². The Morgan fingerprint density at radius 1 is 1.03 bits per heavy atom. The first-order valence-electron chi connectivity index (χ1n) is 9.12. The Hall–Kier alpha value is -3.80. The smallest absolute Gasteiger partial charge is 0.239 e. The first-order chi connectivity index (χ1) is 14.1. The Balaban J connectivity index is 1.71. The van der Waals surface area contributed by atoms with Gasteiger partial charge in [-0.15, -0.1) is 0 Å². The second kappa shape index (κ2) is 8.06. The molecule has 29 heavy (non-hydrogen) atoms. The number of carbonyl (C=O) groups is 1. The van der Waals surface area contributed by atoms with Gasteiger partial charge in [0.05, 0.1) is 12.0 Å². The molecule has 5 nitrogen and oxygen atoms in total. The molecule has 2 heterocycles. The van der Waals surface area contributed by atoms with Crippen LogP contribution < -0.4 is 5.32 Å². The number of carbonyl (C=O) groups excluding carboxylic acids is 1. The minimum Gasteiger partial charge on any atom is -0.337 e. The van der Waals surface area contributed by atoms with Crippen LogP contribution in [0.3, 0.4) is 0 Å².